The summed E-state index contributed by atoms with van der Waals surface area (Å²) in [5.41, 5.74) is 0.726. The SMILES string of the molecule is C=CCN(C)CCCCCCOC1CCC(N(C)S(=O)(=O)NCc2ccc(F)cc2)CC1. The molecule has 1 aromatic carbocycles. The van der Waals surface area contributed by atoms with Crippen LogP contribution in [-0.2, 0) is 21.5 Å². The Kier molecular flexibility index (Phi) is 11.8. The van der Waals surface area contributed by atoms with Gasteiger partial charge in [0.15, 0.2) is 0 Å². The molecule has 0 aliphatic heterocycles. The second kappa shape index (κ2) is 14.1. The van der Waals surface area contributed by atoms with Gasteiger partial charge in [-0.1, -0.05) is 31.1 Å². The number of unbranched alkanes of at least 4 members (excludes halogenated alkanes) is 3. The molecule has 1 aromatic rings. The van der Waals surface area contributed by atoms with Crippen LogP contribution in [0.3, 0.4) is 0 Å². The van der Waals surface area contributed by atoms with Gasteiger partial charge in [-0.25, -0.2) is 4.39 Å². The van der Waals surface area contributed by atoms with Gasteiger partial charge in [0.25, 0.3) is 10.2 Å². The van der Waals surface area contributed by atoms with Crippen molar-refractivity contribution in [2.24, 2.45) is 0 Å². The third-order valence-electron chi connectivity index (χ3n) is 6.14. The zero-order chi connectivity index (χ0) is 23.4. The lowest BCUT2D eigenvalue weighted by Gasteiger charge is -2.34. The van der Waals surface area contributed by atoms with Crippen molar-refractivity contribution in [1.82, 2.24) is 13.9 Å². The van der Waals surface area contributed by atoms with E-state index in [0.29, 0.717) is 0 Å². The van der Waals surface area contributed by atoms with Gasteiger partial charge in [-0.15, -0.1) is 6.58 Å². The number of ether oxygens (including phenoxy) is 1. The van der Waals surface area contributed by atoms with Crippen molar-refractivity contribution in [3.63, 3.8) is 0 Å². The average Bonchev–Trinajstić information content (AvgIpc) is 2.78. The molecule has 0 spiro atoms. The first kappa shape index (κ1) is 26.9. The van der Waals surface area contributed by atoms with E-state index in [-0.39, 0.29) is 24.5 Å². The molecule has 0 heterocycles. The Morgan fingerprint density at radius 2 is 1.75 bits per heavy atom. The molecule has 1 aliphatic carbocycles. The molecule has 1 N–H and O–H groups in total. The zero-order valence-electron chi connectivity index (χ0n) is 19.6. The molecule has 0 radical (unpaired) electrons. The standard InChI is InChI=1S/C24H40FN3O3S/c1-4-17-27(2)18-7-5-6-8-19-31-24-15-13-23(14-16-24)28(3)32(29,30)26-20-21-9-11-22(25)12-10-21/h4,9-12,23-24,26H,1,5-8,13-20H2,2-3H3. The lowest BCUT2D eigenvalue weighted by molar-refractivity contribution is 0.0155. The molecule has 32 heavy (non-hydrogen) atoms. The second-order valence-electron chi connectivity index (χ2n) is 8.74. The molecule has 0 amide bonds. The maximum atomic E-state index is 13.0. The topological polar surface area (TPSA) is 61.9 Å². The summed E-state index contributed by atoms with van der Waals surface area (Å²) in [4.78, 5) is 2.28. The van der Waals surface area contributed by atoms with Crippen molar-refractivity contribution in [3.8, 4) is 0 Å². The van der Waals surface area contributed by atoms with Gasteiger partial charge in [-0.3, -0.25) is 0 Å². The van der Waals surface area contributed by atoms with Gasteiger partial charge >= 0.3 is 0 Å². The normalized spacial score (nSPS) is 19.5. The van der Waals surface area contributed by atoms with Crippen molar-refractivity contribution >= 4 is 10.2 Å². The Morgan fingerprint density at radius 3 is 2.41 bits per heavy atom. The van der Waals surface area contributed by atoms with E-state index < -0.39 is 10.2 Å². The predicted octanol–water partition coefficient (Wildman–Crippen LogP) is 4.10. The van der Waals surface area contributed by atoms with E-state index in [9.17, 15) is 12.8 Å². The smallest absolute Gasteiger partial charge is 0.279 e. The highest BCUT2D eigenvalue weighted by molar-refractivity contribution is 7.87. The van der Waals surface area contributed by atoms with Crippen LogP contribution in [0.15, 0.2) is 36.9 Å². The summed E-state index contributed by atoms with van der Waals surface area (Å²) in [5.74, 6) is -0.334. The number of likely N-dealkylation sites (N-methyl/N-ethyl adjacent to an activating group) is 1. The fourth-order valence-electron chi connectivity index (χ4n) is 4.05. The first-order chi connectivity index (χ1) is 15.3. The van der Waals surface area contributed by atoms with Crippen LogP contribution in [0.5, 0.6) is 0 Å². The molecular formula is C24H40FN3O3S. The van der Waals surface area contributed by atoms with Crippen molar-refractivity contribution in [2.75, 3.05) is 33.8 Å². The maximum Gasteiger partial charge on any atom is 0.279 e. The maximum absolute atomic E-state index is 13.0. The molecule has 0 aromatic heterocycles. The molecule has 8 heteroatoms. The summed E-state index contributed by atoms with van der Waals surface area (Å²) < 4.78 is 48.4. The van der Waals surface area contributed by atoms with Crippen LogP contribution in [0.2, 0.25) is 0 Å². The second-order valence-corrected chi connectivity index (χ2v) is 10.6. The van der Waals surface area contributed by atoms with E-state index in [1.54, 1.807) is 19.2 Å². The zero-order valence-corrected chi connectivity index (χ0v) is 20.5. The largest absolute Gasteiger partial charge is 0.378 e. The number of nitrogens with zero attached hydrogens (tertiary/aromatic N) is 2. The first-order valence-corrected chi connectivity index (χ1v) is 13.1. The van der Waals surface area contributed by atoms with Crippen molar-refractivity contribution < 1.29 is 17.5 Å². The highest BCUT2D eigenvalue weighted by atomic mass is 32.2. The van der Waals surface area contributed by atoms with Gasteiger partial charge in [0.05, 0.1) is 6.10 Å². The lowest BCUT2D eigenvalue weighted by Crippen LogP contribution is -2.45. The van der Waals surface area contributed by atoms with E-state index >= 15 is 0 Å². The number of nitrogens with one attached hydrogen (secondary N) is 1. The van der Waals surface area contributed by atoms with Crippen LogP contribution < -0.4 is 4.72 Å². The lowest BCUT2D eigenvalue weighted by atomic mass is 9.93. The van der Waals surface area contributed by atoms with Crippen LogP contribution in [0.1, 0.15) is 56.9 Å². The molecule has 0 unspecified atom stereocenters. The molecular weight excluding hydrogens is 429 g/mol. The predicted molar refractivity (Wildman–Crippen MR) is 128 cm³/mol. The summed E-state index contributed by atoms with van der Waals surface area (Å²) in [6.07, 6.45) is 10.2. The molecule has 6 nitrogen and oxygen atoms in total. The fourth-order valence-corrected chi connectivity index (χ4v) is 5.21. The Bertz CT molecular complexity index is 765. The minimum Gasteiger partial charge on any atom is -0.378 e. The van der Waals surface area contributed by atoms with Gasteiger partial charge in [0.1, 0.15) is 5.82 Å². The van der Waals surface area contributed by atoms with E-state index in [2.05, 4.69) is 23.2 Å². The number of hydrogen-bond acceptors (Lipinski definition) is 4. The highest BCUT2D eigenvalue weighted by Crippen LogP contribution is 2.26. The Morgan fingerprint density at radius 1 is 1.09 bits per heavy atom. The van der Waals surface area contributed by atoms with Crippen LogP contribution in [0, 0.1) is 5.82 Å². The van der Waals surface area contributed by atoms with E-state index in [4.69, 9.17) is 4.74 Å². The van der Waals surface area contributed by atoms with Gasteiger partial charge < -0.3 is 9.64 Å². The molecule has 1 saturated carbocycles. The number of benzene rings is 1. The molecule has 2 rings (SSSR count). The quantitative estimate of drug-likeness (QED) is 0.310. The molecule has 0 atom stereocenters. The van der Waals surface area contributed by atoms with Crippen LogP contribution in [-0.4, -0.2) is 63.6 Å². The third kappa shape index (κ3) is 9.67. The third-order valence-corrected chi connectivity index (χ3v) is 7.70. The van der Waals surface area contributed by atoms with Crippen LogP contribution >= 0.6 is 0 Å². The summed E-state index contributed by atoms with van der Waals surface area (Å²) in [6.45, 7) is 6.73. The fraction of sp³-hybridized carbons (Fsp3) is 0.667. The molecule has 1 fully saturated rings. The summed E-state index contributed by atoms with van der Waals surface area (Å²) in [5, 5.41) is 0. The number of rotatable bonds is 15. The highest BCUT2D eigenvalue weighted by Gasteiger charge is 2.30. The minimum absolute atomic E-state index is 0.0203. The summed E-state index contributed by atoms with van der Waals surface area (Å²) >= 11 is 0. The van der Waals surface area contributed by atoms with E-state index in [1.807, 2.05) is 6.08 Å². The van der Waals surface area contributed by atoms with Gasteiger partial charge in [-0.05, 0) is 69.8 Å². The van der Waals surface area contributed by atoms with Crippen molar-refractivity contribution in [3.05, 3.63) is 48.3 Å². The summed E-state index contributed by atoms with van der Waals surface area (Å²) in [6, 6.07) is 5.81. The summed E-state index contributed by atoms with van der Waals surface area (Å²) in [7, 11) is 0.161. The van der Waals surface area contributed by atoms with Crippen molar-refractivity contribution in [1.29, 1.82) is 0 Å². The van der Waals surface area contributed by atoms with Crippen molar-refractivity contribution in [2.45, 2.75) is 70.1 Å². The van der Waals surface area contributed by atoms with E-state index in [1.165, 1.54) is 35.7 Å². The molecule has 182 valence electrons. The van der Waals surface area contributed by atoms with Gasteiger partial charge in [-0.2, -0.15) is 17.4 Å². The average molecular weight is 470 g/mol. The molecule has 1 aliphatic rings. The van der Waals surface area contributed by atoms with Crippen LogP contribution in [0.4, 0.5) is 4.39 Å². The van der Waals surface area contributed by atoms with Crippen LogP contribution in [0.25, 0.3) is 0 Å². The number of hydrogen-bond donors (Lipinski definition) is 1. The Labute approximate surface area is 194 Å². The minimum atomic E-state index is -3.59. The Hall–Kier alpha value is -1.32. The number of halogens is 1. The Balaban J connectivity index is 1.60. The monoisotopic (exact) mass is 469 g/mol. The first-order valence-electron chi connectivity index (χ1n) is 11.7. The van der Waals surface area contributed by atoms with E-state index in [0.717, 1.165) is 57.4 Å². The van der Waals surface area contributed by atoms with Gasteiger partial charge in [0, 0.05) is 32.8 Å². The molecule has 0 bridgehead atoms. The van der Waals surface area contributed by atoms with Gasteiger partial charge in [0.2, 0.25) is 0 Å². The molecule has 0 saturated heterocycles.